The Kier molecular flexibility index (Phi) is 2.33. The first-order chi connectivity index (χ1) is 8.24. The minimum absolute atomic E-state index is 0.687. The van der Waals surface area contributed by atoms with Crippen LogP contribution in [0.15, 0.2) is 47.1 Å². The first-order valence-corrected chi connectivity index (χ1v) is 5.89. The van der Waals surface area contributed by atoms with E-state index >= 15 is 0 Å². The van der Waals surface area contributed by atoms with E-state index in [1.807, 2.05) is 40.9 Å². The lowest BCUT2D eigenvalue weighted by atomic mass is 10.2. The quantitative estimate of drug-likeness (QED) is 0.749. The molecule has 3 aromatic rings. The molecule has 4 nitrogen and oxygen atoms in total. The molecular weight excluding hydrogens is 280 g/mol. The van der Waals surface area contributed by atoms with Crippen LogP contribution in [0.4, 0.5) is 5.69 Å². The lowest BCUT2D eigenvalue weighted by Crippen LogP contribution is -1.91. The van der Waals surface area contributed by atoms with Crippen molar-refractivity contribution in [3.05, 3.63) is 47.1 Å². The van der Waals surface area contributed by atoms with Gasteiger partial charge in [-0.05, 0) is 18.2 Å². The number of hydrogen-bond acceptors (Lipinski definition) is 3. The van der Waals surface area contributed by atoms with Gasteiger partial charge < -0.3 is 5.73 Å². The summed E-state index contributed by atoms with van der Waals surface area (Å²) in [6.07, 6.45) is 1.88. The fraction of sp³-hybridized carbons (Fsp3) is 0. The van der Waals surface area contributed by atoms with Crippen LogP contribution in [0.2, 0.25) is 0 Å². The molecule has 0 aliphatic rings. The largest absolute Gasteiger partial charge is 0.399 e. The van der Waals surface area contributed by atoms with Gasteiger partial charge in [0.05, 0.1) is 0 Å². The van der Waals surface area contributed by atoms with Crippen LogP contribution < -0.4 is 5.73 Å². The highest BCUT2D eigenvalue weighted by Gasteiger charge is 2.07. The van der Waals surface area contributed by atoms with Crippen LogP contribution in [0, 0.1) is 0 Å². The molecule has 1 aromatic carbocycles. The van der Waals surface area contributed by atoms with E-state index in [0.29, 0.717) is 5.69 Å². The second kappa shape index (κ2) is 3.85. The fourth-order valence-corrected chi connectivity index (χ4v) is 1.97. The molecule has 0 spiro atoms. The number of fused-ring (bicyclic) bond motifs is 1. The minimum Gasteiger partial charge on any atom is -0.399 e. The van der Waals surface area contributed by atoms with Crippen molar-refractivity contribution in [1.82, 2.24) is 14.6 Å². The fourth-order valence-electron chi connectivity index (χ4n) is 1.70. The van der Waals surface area contributed by atoms with Gasteiger partial charge in [0.2, 0.25) is 0 Å². The van der Waals surface area contributed by atoms with Gasteiger partial charge in [0.15, 0.2) is 11.5 Å². The van der Waals surface area contributed by atoms with E-state index in [1.165, 1.54) is 0 Å². The number of nitrogens with zero attached hydrogens (tertiary/aromatic N) is 3. The van der Waals surface area contributed by atoms with Crippen LogP contribution in [0.5, 0.6) is 0 Å². The third-order valence-electron chi connectivity index (χ3n) is 2.54. The van der Waals surface area contributed by atoms with Crippen LogP contribution in [0.1, 0.15) is 0 Å². The van der Waals surface area contributed by atoms with Crippen LogP contribution in [0.3, 0.4) is 0 Å². The number of nitrogen functional groups attached to an aromatic ring is 1. The highest BCUT2D eigenvalue weighted by atomic mass is 79.9. The van der Waals surface area contributed by atoms with Gasteiger partial charge in [-0.1, -0.05) is 28.1 Å². The molecule has 3 rings (SSSR count). The van der Waals surface area contributed by atoms with E-state index in [2.05, 4.69) is 26.1 Å². The molecular formula is C12H9BrN4. The van der Waals surface area contributed by atoms with Gasteiger partial charge in [-0.2, -0.15) is 0 Å². The van der Waals surface area contributed by atoms with Gasteiger partial charge in [0.25, 0.3) is 0 Å². The smallest absolute Gasteiger partial charge is 0.168 e. The van der Waals surface area contributed by atoms with Gasteiger partial charge >= 0.3 is 0 Å². The molecule has 0 aliphatic carbocycles. The zero-order valence-electron chi connectivity index (χ0n) is 8.84. The highest BCUT2D eigenvalue weighted by Crippen LogP contribution is 2.21. The molecule has 0 saturated carbocycles. The molecule has 0 fully saturated rings. The van der Waals surface area contributed by atoms with Crippen molar-refractivity contribution in [2.45, 2.75) is 0 Å². The number of pyridine rings is 1. The zero-order valence-corrected chi connectivity index (χ0v) is 10.4. The second-order valence-corrected chi connectivity index (χ2v) is 4.63. The summed E-state index contributed by atoms with van der Waals surface area (Å²) in [4.78, 5) is 0. The Labute approximate surface area is 106 Å². The predicted molar refractivity (Wildman–Crippen MR) is 70.5 cm³/mol. The summed E-state index contributed by atoms with van der Waals surface area (Å²) in [6, 6.07) is 11.6. The number of benzene rings is 1. The maximum atomic E-state index is 5.70. The molecule has 0 aliphatic heterocycles. The maximum Gasteiger partial charge on any atom is 0.168 e. The van der Waals surface area contributed by atoms with E-state index in [-0.39, 0.29) is 0 Å². The maximum absolute atomic E-state index is 5.70. The number of aromatic nitrogens is 3. The third-order valence-corrected chi connectivity index (χ3v) is 3.07. The molecule has 0 unspecified atom stereocenters. The summed E-state index contributed by atoms with van der Waals surface area (Å²) >= 11 is 3.41. The lowest BCUT2D eigenvalue weighted by molar-refractivity contribution is 1.11. The van der Waals surface area contributed by atoms with Crippen LogP contribution >= 0.6 is 15.9 Å². The Morgan fingerprint density at radius 2 is 1.82 bits per heavy atom. The van der Waals surface area contributed by atoms with Crippen LogP contribution in [0.25, 0.3) is 17.0 Å². The van der Waals surface area contributed by atoms with Gasteiger partial charge in [0.1, 0.15) is 0 Å². The van der Waals surface area contributed by atoms with E-state index < -0.39 is 0 Å². The number of rotatable bonds is 1. The monoisotopic (exact) mass is 288 g/mol. The average molecular weight is 289 g/mol. The summed E-state index contributed by atoms with van der Waals surface area (Å²) in [6.45, 7) is 0. The van der Waals surface area contributed by atoms with E-state index in [4.69, 9.17) is 5.73 Å². The molecule has 84 valence electrons. The van der Waals surface area contributed by atoms with Crippen molar-refractivity contribution in [2.24, 2.45) is 0 Å². The molecule has 0 atom stereocenters. The van der Waals surface area contributed by atoms with E-state index in [0.717, 1.165) is 21.5 Å². The Balaban J connectivity index is 2.21. The number of hydrogen-bond donors (Lipinski definition) is 1. The molecule has 5 heteroatoms. The average Bonchev–Trinajstić information content (AvgIpc) is 2.73. The lowest BCUT2D eigenvalue weighted by Gasteiger charge is -2.00. The normalized spacial score (nSPS) is 10.9. The summed E-state index contributed by atoms with van der Waals surface area (Å²) in [5.41, 5.74) is 8.16. The van der Waals surface area contributed by atoms with E-state index in [1.54, 1.807) is 6.07 Å². The molecule has 0 bridgehead atoms. The molecule has 2 aromatic heterocycles. The van der Waals surface area contributed by atoms with Gasteiger partial charge in [-0.15, -0.1) is 10.2 Å². The second-order valence-electron chi connectivity index (χ2n) is 3.72. The summed E-state index contributed by atoms with van der Waals surface area (Å²) < 4.78 is 2.96. The zero-order chi connectivity index (χ0) is 11.8. The van der Waals surface area contributed by atoms with Crippen molar-refractivity contribution in [3.8, 4) is 11.4 Å². The standard InChI is InChI=1S/C12H9BrN4/c13-9-3-1-8(2-4-9)12-16-15-11-7-10(14)5-6-17(11)12/h1-7H,14H2. The van der Waals surface area contributed by atoms with Gasteiger partial charge in [-0.3, -0.25) is 4.40 Å². The van der Waals surface area contributed by atoms with Crippen molar-refractivity contribution < 1.29 is 0 Å². The van der Waals surface area contributed by atoms with Crippen molar-refractivity contribution in [3.63, 3.8) is 0 Å². The van der Waals surface area contributed by atoms with E-state index in [9.17, 15) is 0 Å². The summed E-state index contributed by atoms with van der Waals surface area (Å²) in [5, 5.41) is 8.28. The Morgan fingerprint density at radius 1 is 1.06 bits per heavy atom. The number of nitrogens with two attached hydrogens (primary N) is 1. The molecule has 17 heavy (non-hydrogen) atoms. The third kappa shape index (κ3) is 1.78. The molecule has 0 amide bonds. The molecule has 0 saturated heterocycles. The first kappa shape index (κ1) is 10.3. The summed E-state index contributed by atoms with van der Waals surface area (Å²) in [7, 11) is 0. The summed E-state index contributed by atoms with van der Waals surface area (Å²) in [5.74, 6) is 0.813. The highest BCUT2D eigenvalue weighted by molar-refractivity contribution is 9.10. The van der Waals surface area contributed by atoms with Crippen molar-refractivity contribution >= 4 is 27.3 Å². The molecule has 0 radical (unpaired) electrons. The number of halogens is 1. The molecule has 2 N–H and O–H groups in total. The topological polar surface area (TPSA) is 56.2 Å². The number of anilines is 1. The molecule has 2 heterocycles. The Morgan fingerprint density at radius 3 is 2.59 bits per heavy atom. The predicted octanol–water partition coefficient (Wildman–Crippen LogP) is 2.74. The van der Waals surface area contributed by atoms with Crippen LogP contribution in [-0.2, 0) is 0 Å². The minimum atomic E-state index is 0.687. The SMILES string of the molecule is Nc1ccn2c(-c3ccc(Br)cc3)nnc2c1. The Hall–Kier alpha value is -1.88. The Bertz CT molecular complexity index is 673. The van der Waals surface area contributed by atoms with Crippen molar-refractivity contribution in [2.75, 3.05) is 5.73 Å². The first-order valence-electron chi connectivity index (χ1n) is 5.10. The van der Waals surface area contributed by atoms with Gasteiger partial charge in [0, 0.05) is 28.0 Å². The van der Waals surface area contributed by atoms with Crippen molar-refractivity contribution in [1.29, 1.82) is 0 Å². The van der Waals surface area contributed by atoms with Crippen LogP contribution in [-0.4, -0.2) is 14.6 Å². The van der Waals surface area contributed by atoms with Gasteiger partial charge in [-0.25, -0.2) is 0 Å².